The number of hydrogen-bond donors (Lipinski definition) is 1. The van der Waals surface area contributed by atoms with E-state index in [-0.39, 0.29) is 0 Å². The highest BCUT2D eigenvalue weighted by molar-refractivity contribution is 5.61. The Labute approximate surface area is 87.5 Å². The first-order chi connectivity index (χ1) is 6.79. The van der Waals surface area contributed by atoms with Gasteiger partial charge in [-0.1, -0.05) is 26.0 Å². The van der Waals surface area contributed by atoms with Crippen LogP contribution in [0.2, 0.25) is 0 Å². The van der Waals surface area contributed by atoms with E-state index in [0.29, 0.717) is 0 Å². The molecule has 0 saturated heterocycles. The molecule has 1 N–H and O–H groups in total. The Hall–Kier alpha value is -0.980. The van der Waals surface area contributed by atoms with E-state index in [2.05, 4.69) is 31.3 Å². The second-order valence-electron chi connectivity index (χ2n) is 3.57. The van der Waals surface area contributed by atoms with Crippen molar-refractivity contribution < 1.29 is 0 Å². The Balaban J connectivity index is 0.000000461. The van der Waals surface area contributed by atoms with Crippen LogP contribution in [-0.2, 0) is 6.42 Å². The predicted molar refractivity (Wildman–Crippen MR) is 64.1 cm³/mol. The molecule has 1 nitrogen and oxygen atoms in total. The molecule has 0 fully saturated rings. The first kappa shape index (κ1) is 11.1. The molecule has 1 aliphatic heterocycles. The van der Waals surface area contributed by atoms with Gasteiger partial charge in [0.2, 0.25) is 0 Å². The summed E-state index contributed by atoms with van der Waals surface area (Å²) < 4.78 is 0. The summed E-state index contributed by atoms with van der Waals surface area (Å²) in [6.07, 6.45) is 2.51. The van der Waals surface area contributed by atoms with Crippen molar-refractivity contribution in [1.82, 2.24) is 0 Å². The molecule has 78 valence electrons. The van der Waals surface area contributed by atoms with Gasteiger partial charge in [-0.2, -0.15) is 0 Å². The maximum Gasteiger partial charge on any atom is 0.0405 e. The first-order valence-corrected chi connectivity index (χ1v) is 5.62. The second kappa shape index (κ2) is 5.04. The van der Waals surface area contributed by atoms with Crippen molar-refractivity contribution in [2.24, 2.45) is 0 Å². The van der Waals surface area contributed by atoms with Gasteiger partial charge in [0.15, 0.2) is 0 Å². The zero-order valence-electron chi connectivity index (χ0n) is 9.78. The molecule has 0 radical (unpaired) electrons. The number of nitrogens with one attached hydrogen (secondary N) is 1. The third-order valence-electron chi connectivity index (χ3n) is 2.75. The summed E-state index contributed by atoms with van der Waals surface area (Å²) in [5.74, 6) is 0. The van der Waals surface area contributed by atoms with Gasteiger partial charge in [-0.25, -0.2) is 0 Å². The molecule has 1 aromatic rings. The number of benzene rings is 1. The summed E-state index contributed by atoms with van der Waals surface area (Å²) in [4.78, 5) is 0. The molecule has 0 aromatic heterocycles. The minimum Gasteiger partial charge on any atom is -0.385 e. The van der Waals surface area contributed by atoms with Crippen LogP contribution in [0, 0.1) is 13.8 Å². The Morgan fingerprint density at radius 3 is 2.57 bits per heavy atom. The Bertz CT molecular complexity index is 302. The third kappa shape index (κ3) is 2.09. The van der Waals surface area contributed by atoms with Crippen LogP contribution in [0.15, 0.2) is 12.1 Å². The van der Waals surface area contributed by atoms with E-state index in [9.17, 15) is 0 Å². The molecule has 0 bridgehead atoms. The van der Waals surface area contributed by atoms with Crippen molar-refractivity contribution in [3.8, 4) is 0 Å². The maximum atomic E-state index is 3.47. The SMILES string of the molecule is CC.Cc1ccc2c(c1C)NCCC2. The van der Waals surface area contributed by atoms with E-state index in [0.717, 1.165) is 6.54 Å². The molecule has 14 heavy (non-hydrogen) atoms. The van der Waals surface area contributed by atoms with Gasteiger partial charge in [0.25, 0.3) is 0 Å². The number of rotatable bonds is 0. The summed E-state index contributed by atoms with van der Waals surface area (Å²) >= 11 is 0. The third-order valence-corrected chi connectivity index (χ3v) is 2.75. The Kier molecular flexibility index (Phi) is 3.99. The van der Waals surface area contributed by atoms with Gasteiger partial charge in [0.1, 0.15) is 0 Å². The van der Waals surface area contributed by atoms with Crippen LogP contribution in [0.1, 0.15) is 37.0 Å². The Morgan fingerprint density at radius 1 is 1.14 bits per heavy atom. The van der Waals surface area contributed by atoms with Crippen LogP contribution in [0.5, 0.6) is 0 Å². The predicted octanol–water partition coefficient (Wildman–Crippen LogP) is 3.69. The topological polar surface area (TPSA) is 12.0 Å². The van der Waals surface area contributed by atoms with Crippen molar-refractivity contribution >= 4 is 5.69 Å². The minimum atomic E-state index is 1.14. The molecule has 0 unspecified atom stereocenters. The van der Waals surface area contributed by atoms with E-state index >= 15 is 0 Å². The molecule has 0 spiro atoms. The lowest BCUT2D eigenvalue weighted by atomic mass is 9.97. The molecule has 0 saturated carbocycles. The van der Waals surface area contributed by atoms with Gasteiger partial charge in [-0.05, 0) is 43.4 Å². The lowest BCUT2D eigenvalue weighted by Crippen LogP contribution is -2.13. The highest BCUT2D eigenvalue weighted by atomic mass is 14.9. The number of hydrogen-bond acceptors (Lipinski definition) is 1. The number of anilines is 1. The fourth-order valence-corrected chi connectivity index (χ4v) is 1.82. The zero-order valence-corrected chi connectivity index (χ0v) is 9.78. The fourth-order valence-electron chi connectivity index (χ4n) is 1.82. The molecule has 0 amide bonds. The molecule has 0 aliphatic carbocycles. The molecule has 2 rings (SSSR count). The first-order valence-electron chi connectivity index (χ1n) is 5.62. The Morgan fingerprint density at radius 2 is 1.86 bits per heavy atom. The molecule has 1 aliphatic rings. The van der Waals surface area contributed by atoms with E-state index < -0.39 is 0 Å². The summed E-state index contributed by atoms with van der Waals surface area (Å²) in [6, 6.07) is 4.48. The average molecular weight is 191 g/mol. The van der Waals surface area contributed by atoms with Crippen LogP contribution >= 0.6 is 0 Å². The van der Waals surface area contributed by atoms with Crippen LogP contribution in [0.3, 0.4) is 0 Å². The second-order valence-corrected chi connectivity index (χ2v) is 3.57. The summed E-state index contributed by atoms with van der Waals surface area (Å²) in [5, 5.41) is 3.47. The van der Waals surface area contributed by atoms with Crippen molar-refractivity contribution in [2.45, 2.75) is 40.5 Å². The van der Waals surface area contributed by atoms with Gasteiger partial charge in [-0.3, -0.25) is 0 Å². The van der Waals surface area contributed by atoms with Crippen LogP contribution in [-0.4, -0.2) is 6.54 Å². The van der Waals surface area contributed by atoms with Gasteiger partial charge in [-0.15, -0.1) is 0 Å². The highest BCUT2D eigenvalue weighted by Gasteiger charge is 2.10. The fraction of sp³-hybridized carbons (Fsp3) is 0.538. The zero-order chi connectivity index (χ0) is 10.6. The standard InChI is InChI=1S/C11H15N.C2H6/c1-8-5-6-10-4-3-7-12-11(10)9(8)2;1-2/h5-6,12H,3-4,7H2,1-2H3;1-2H3. The smallest absolute Gasteiger partial charge is 0.0405 e. The maximum absolute atomic E-state index is 3.47. The average Bonchev–Trinajstić information content (AvgIpc) is 2.27. The number of fused-ring (bicyclic) bond motifs is 1. The molecule has 1 heterocycles. The van der Waals surface area contributed by atoms with E-state index in [1.807, 2.05) is 13.8 Å². The highest BCUT2D eigenvalue weighted by Crippen LogP contribution is 2.27. The summed E-state index contributed by atoms with van der Waals surface area (Å²) in [6.45, 7) is 9.51. The van der Waals surface area contributed by atoms with E-state index in [1.54, 1.807) is 0 Å². The van der Waals surface area contributed by atoms with Gasteiger partial charge in [0, 0.05) is 12.2 Å². The molecule has 1 aromatic carbocycles. The molecular weight excluding hydrogens is 170 g/mol. The lowest BCUT2D eigenvalue weighted by molar-refractivity contribution is 0.826. The molecular formula is C13H21N. The van der Waals surface area contributed by atoms with Crippen molar-refractivity contribution in [3.63, 3.8) is 0 Å². The normalized spacial score (nSPS) is 13.4. The summed E-state index contributed by atoms with van der Waals surface area (Å²) in [5.41, 5.74) is 5.70. The monoisotopic (exact) mass is 191 g/mol. The van der Waals surface area contributed by atoms with E-state index in [4.69, 9.17) is 0 Å². The van der Waals surface area contributed by atoms with Gasteiger partial charge in [0.05, 0.1) is 0 Å². The quantitative estimate of drug-likeness (QED) is 0.659. The van der Waals surface area contributed by atoms with Crippen molar-refractivity contribution in [3.05, 3.63) is 28.8 Å². The van der Waals surface area contributed by atoms with Gasteiger partial charge < -0.3 is 5.32 Å². The lowest BCUT2D eigenvalue weighted by Gasteiger charge is -2.21. The minimum absolute atomic E-state index is 1.14. The summed E-state index contributed by atoms with van der Waals surface area (Å²) in [7, 11) is 0. The molecule has 1 heteroatoms. The van der Waals surface area contributed by atoms with Crippen molar-refractivity contribution in [2.75, 3.05) is 11.9 Å². The molecule has 0 atom stereocenters. The van der Waals surface area contributed by atoms with E-state index in [1.165, 1.54) is 35.2 Å². The van der Waals surface area contributed by atoms with Crippen LogP contribution in [0.25, 0.3) is 0 Å². The van der Waals surface area contributed by atoms with Crippen LogP contribution in [0.4, 0.5) is 5.69 Å². The number of aryl methyl sites for hydroxylation is 2. The van der Waals surface area contributed by atoms with Crippen LogP contribution < -0.4 is 5.32 Å². The van der Waals surface area contributed by atoms with Crippen molar-refractivity contribution in [1.29, 1.82) is 0 Å². The van der Waals surface area contributed by atoms with Gasteiger partial charge >= 0.3 is 0 Å². The largest absolute Gasteiger partial charge is 0.385 e.